The molecular weight excluding hydrogens is 466 g/mol. The van der Waals surface area contributed by atoms with Gasteiger partial charge in [0.2, 0.25) is 5.91 Å². The van der Waals surface area contributed by atoms with E-state index in [1.54, 1.807) is 67.8 Å². The number of aromatic nitrogens is 2. The Morgan fingerprint density at radius 2 is 1.74 bits per heavy atom. The maximum Gasteiger partial charge on any atom is 0.266 e. The molecule has 1 amide bonds. The third-order valence-corrected chi connectivity index (χ3v) is 6.10. The lowest BCUT2D eigenvalue weighted by atomic mass is 10.2. The van der Waals surface area contributed by atoms with E-state index < -0.39 is 0 Å². The van der Waals surface area contributed by atoms with Crippen molar-refractivity contribution in [3.05, 3.63) is 77.1 Å². The van der Waals surface area contributed by atoms with Crippen molar-refractivity contribution in [3.8, 4) is 22.9 Å². The van der Waals surface area contributed by atoms with Gasteiger partial charge in [0.15, 0.2) is 5.16 Å². The van der Waals surface area contributed by atoms with Gasteiger partial charge in [-0.05, 0) is 55.5 Å². The molecule has 0 radical (unpaired) electrons. The van der Waals surface area contributed by atoms with Gasteiger partial charge in [0.05, 0.1) is 48.9 Å². The number of benzene rings is 3. The number of nitrogens with zero attached hydrogens (tertiary/aromatic N) is 2. The minimum atomic E-state index is -0.276. The number of anilines is 1. The van der Waals surface area contributed by atoms with Crippen molar-refractivity contribution in [2.24, 2.45) is 0 Å². The maximum atomic E-state index is 13.4. The molecule has 0 atom stereocenters. The van der Waals surface area contributed by atoms with Gasteiger partial charge in [0.1, 0.15) is 17.2 Å². The molecule has 4 rings (SSSR count). The van der Waals surface area contributed by atoms with Gasteiger partial charge < -0.3 is 19.5 Å². The number of rotatable bonds is 9. The Morgan fingerprint density at radius 3 is 2.46 bits per heavy atom. The number of ether oxygens (including phenoxy) is 3. The van der Waals surface area contributed by atoms with E-state index in [1.165, 1.54) is 23.4 Å². The van der Waals surface area contributed by atoms with Gasteiger partial charge in [-0.25, -0.2) is 4.98 Å². The largest absolute Gasteiger partial charge is 0.497 e. The monoisotopic (exact) mass is 491 g/mol. The van der Waals surface area contributed by atoms with Crippen LogP contribution in [0, 0.1) is 0 Å². The molecule has 0 aliphatic rings. The fourth-order valence-corrected chi connectivity index (χ4v) is 4.34. The summed E-state index contributed by atoms with van der Waals surface area (Å²) >= 11 is 1.17. The Labute approximate surface area is 206 Å². The van der Waals surface area contributed by atoms with Crippen LogP contribution >= 0.6 is 11.8 Å². The van der Waals surface area contributed by atoms with E-state index in [4.69, 9.17) is 14.2 Å². The molecule has 1 N–H and O–H groups in total. The summed E-state index contributed by atoms with van der Waals surface area (Å²) in [6.45, 7) is 2.46. The summed E-state index contributed by atoms with van der Waals surface area (Å²) in [5, 5.41) is 3.75. The Hall–Kier alpha value is -3.98. The van der Waals surface area contributed by atoms with Gasteiger partial charge in [-0.1, -0.05) is 23.9 Å². The maximum absolute atomic E-state index is 13.4. The van der Waals surface area contributed by atoms with E-state index in [9.17, 15) is 9.59 Å². The first kappa shape index (κ1) is 24.2. The Kier molecular flexibility index (Phi) is 7.57. The smallest absolute Gasteiger partial charge is 0.266 e. The van der Waals surface area contributed by atoms with Crippen LogP contribution in [0.15, 0.2) is 76.7 Å². The van der Waals surface area contributed by atoms with Crippen LogP contribution < -0.4 is 25.1 Å². The summed E-state index contributed by atoms with van der Waals surface area (Å²) in [7, 11) is 3.08. The third-order valence-electron chi connectivity index (χ3n) is 5.16. The van der Waals surface area contributed by atoms with Gasteiger partial charge in [-0.3, -0.25) is 14.2 Å². The number of hydrogen-bond acceptors (Lipinski definition) is 7. The Bertz CT molecular complexity index is 1400. The normalized spacial score (nSPS) is 10.7. The minimum absolute atomic E-state index is 0.0299. The van der Waals surface area contributed by atoms with E-state index in [2.05, 4.69) is 10.3 Å². The molecule has 0 aliphatic heterocycles. The van der Waals surface area contributed by atoms with Gasteiger partial charge in [-0.15, -0.1) is 0 Å². The SMILES string of the molecule is CCOc1ccc(-n2c(SCC(=O)Nc3cc(OC)ccc3OC)nc3ccccc3c2=O)cc1. The molecule has 4 aromatic rings. The molecule has 0 fully saturated rings. The predicted octanol–water partition coefficient (Wildman–Crippen LogP) is 4.53. The van der Waals surface area contributed by atoms with Crippen LogP contribution in [0.5, 0.6) is 17.2 Å². The van der Waals surface area contributed by atoms with Gasteiger partial charge in [0, 0.05) is 6.07 Å². The van der Waals surface area contributed by atoms with Crippen LogP contribution in [-0.2, 0) is 4.79 Å². The second-order valence-electron chi connectivity index (χ2n) is 7.38. The summed E-state index contributed by atoms with van der Waals surface area (Å²) < 4.78 is 17.6. The molecule has 0 unspecified atom stereocenters. The van der Waals surface area contributed by atoms with Crippen molar-refractivity contribution in [2.45, 2.75) is 12.1 Å². The number of para-hydroxylation sites is 1. The molecule has 1 heterocycles. The molecule has 0 saturated heterocycles. The van der Waals surface area contributed by atoms with Crippen molar-refractivity contribution < 1.29 is 19.0 Å². The molecule has 180 valence electrons. The highest BCUT2D eigenvalue weighted by molar-refractivity contribution is 7.99. The molecule has 0 bridgehead atoms. The summed E-state index contributed by atoms with van der Waals surface area (Å²) in [5.41, 5.74) is 1.48. The summed E-state index contributed by atoms with van der Waals surface area (Å²) in [6.07, 6.45) is 0. The first-order valence-corrected chi connectivity index (χ1v) is 11.9. The van der Waals surface area contributed by atoms with Crippen molar-refractivity contribution in [1.82, 2.24) is 9.55 Å². The highest BCUT2D eigenvalue weighted by atomic mass is 32.2. The number of thioether (sulfide) groups is 1. The van der Waals surface area contributed by atoms with E-state index in [1.807, 2.05) is 13.0 Å². The number of nitrogens with one attached hydrogen (secondary N) is 1. The second-order valence-corrected chi connectivity index (χ2v) is 8.32. The first-order valence-electron chi connectivity index (χ1n) is 10.9. The van der Waals surface area contributed by atoms with Crippen LogP contribution in [0.1, 0.15) is 6.92 Å². The molecule has 1 aromatic heterocycles. The van der Waals surface area contributed by atoms with Gasteiger partial charge >= 0.3 is 0 Å². The highest BCUT2D eigenvalue weighted by Gasteiger charge is 2.16. The predicted molar refractivity (Wildman–Crippen MR) is 137 cm³/mol. The summed E-state index contributed by atoms with van der Waals surface area (Å²) in [4.78, 5) is 30.9. The van der Waals surface area contributed by atoms with Gasteiger partial charge in [-0.2, -0.15) is 0 Å². The molecular formula is C26H25N3O5S. The average Bonchev–Trinajstić information content (AvgIpc) is 2.88. The van der Waals surface area contributed by atoms with Crippen molar-refractivity contribution in [2.75, 3.05) is 31.9 Å². The standard InChI is InChI=1S/C26H25N3O5S/c1-4-34-18-11-9-17(10-12-18)29-25(31)20-7-5-6-8-21(20)28-26(29)35-16-24(30)27-22-15-19(32-2)13-14-23(22)33-3/h5-15H,4,16H2,1-3H3,(H,27,30). The van der Waals surface area contributed by atoms with Crippen molar-refractivity contribution >= 4 is 34.3 Å². The second kappa shape index (κ2) is 11.0. The Morgan fingerprint density at radius 1 is 1.00 bits per heavy atom. The summed E-state index contributed by atoms with van der Waals surface area (Å²) in [5.74, 6) is 1.57. The zero-order chi connectivity index (χ0) is 24.8. The number of methoxy groups -OCH3 is 2. The molecule has 0 aliphatic carbocycles. The van der Waals surface area contributed by atoms with E-state index >= 15 is 0 Å². The van der Waals surface area contributed by atoms with Crippen LogP contribution in [0.4, 0.5) is 5.69 Å². The lowest BCUT2D eigenvalue weighted by Gasteiger charge is -2.14. The first-order chi connectivity index (χ1) is 17.0. The van der Waals surface area contributed by atoms with E-state index in [0.717, 1.165) is 0 Å². The van der Waals surface area contributed by atoms with Crippen LogP contribution in [-0.4, -0.2) is 42.0 Å². The lowest BCUT2D eigenvalue weighted by Crippen LogP contribution is -2.23. The molecule has 3 aromatic carbocycles. The zero-order valence-corrected chi connectivity index (χ0v) is 20.4. The molecule has 0 spiro atoms. The molecule has 9 heteroatoms. The number of amides is 1. The highest BCUT2D eigenvalue weighted by Crippen LogP contribution is 2.29. The number of carbonyl (C=O) groups is 1. The summed E-state index contributed by atoms with van der Waals surface area (Å²) in [6, 6.07) is 19.5. The van der Waals surface area contributed by atoms with E-state index in [-0.39, 0.29) is 17.2 Å². The van der Waals surface area contributed by atoms with Gasteiger partial charge in [0.25, 0.3) is 5.56 Å². The quantitative estimate of drug-likeness (QED) is 0.272. The van der Waals surface area contributed by atoms with E-state index in [0.29, 0.717) is 51.3 Å². The minimum Gasteiger partial charge on any atom is -0.497 e. The fraction of sp³-hybridized carbons (Fsp3) is 0.192. The zero-order valence-electron chi connectivity index (χ0n) is 19.6. The lowest BCUT2D eigenvalue weighted by molar-refractivity contribution is -0.113. The number of hydrogen-bond donors (Lipinski definition) is 1. The Balaban J connectivity index is 1.64. The topological polar surface area (TPSA) is 91.7 Å². The molecule has 35 heavy (non-hydrogen) atoms. The number of carbonyl (C=O) groups excluding carboxylic acids is 1. The average molecular weight is 492 g/mol. The molecule has 0 saturated carbocycles. The third kappa shape index (κ3) is 5.41. The van der Waals surface area contributed by atoms with Crippen LogP contribution in [0.25, 0.3) is 16.6 Å². The van der Waals surface area contributed by atoms with Crippen molar-refractivity contribution in [1.29, 1.82) is 0 Å². The molecule has 8 nitrogen and oxygen atoms in total. The van der Waals surface area contributed by atoms with Crippen LogP contribution in [0.2, 0.25) is 0 Å². The number of fused-ring (bicyclic) bond motifs is 1. The fourth-order valence-electron chi connectivity index (χ4n) is 3.52. The van der Waals surface area contributed by atoms with Crippen LogP contribution in [0.3, 0.4) is 0 Å². The van der Waals surface area contributed by atoms with Crippen molar-refractivity contribution in [3.63, 3.8) is 0 Å².